The van der Waals surface area contributed by atoms with E-state index in [4.69, 9.17) is 16.6 Å². The van der Waals surface area contributed by atoms with Crippen molar-refractivity contribution in [3.63, 3.8) is 0 Å². The van der Waals surface area contributed by atoms with Gasteiger partial charge in [-0.3, -0.25) is 4.79 Å². The van der Waals surface area contributed by atoms with Crippen LogP contribution in [0.15, 0.2) is 24.5 Å². The Balaban J connectivity index is 1.73. The van der Waals surface area contributed by atoms with Gasteiger partial charge in [0.1, 0.15) is 23.5 Å². The number of carbonyl (C=O) groups is 1. The number of alkyl halides is 3. The Morgan fingerprint density at radius 3 is 2.81 bits per heavy atom. The number of hydrogen-bond acceptors (Lipinski definition) is 5. The Morgan fingerprint density at radius 1 is 1.28 bits per heavy atom. The zero-order valence-corrected chi connectivity index (χ0v) is 18.0. The second-order valence-corrected chi connectivity index (χ2v) is 8.43. The highest BCUT2D eigenvalue weighted by Crippen LogP contribution is 2.32. The topological polar surface area (TPSA) is 95.6 Å². The zero-order valence-electron chi connectivity index (χ0n) is 17.3. The summed E-state index contributed by atoms with van der Waals surface area (Å²) in [5.74, 6) is -0.0487. The summed E-state index contributed by atoms with van der Waals surface area (Å²) in [7, 11) is 0. The number of pyridine rings is 1. The molecule has 1 amide bonds. The lowest BCUT2D eigenvalue weighted by Gasteiger charge is -2.28. The molecule has 3 N–H and O–H groups in total. The van der Waals surface area contributed by atoms with Crippen LogP contribution >= 0.6 is 11.6 Å². The zero-order chi connectivity index (χ0) is 23.1. The maximum Gasteiger partial charge on any atom is 0.405 e. The molecule has 0 saturated carbocycles. The van der Waals surface area contributed by atoms with Crippen molar-refractivity contribution in [1.82, 2.24) is 25.3 Å². The predicted octanol–water partition coefficient (Wildman–Crippen LogP) is 4.50. The number of H-pyrrole nitrogens is 1. The molecular weight excluding hydrogens is 445 g/mol. The smallest absolute Gasteiger partial charge is 0.356 e. The molecule has 0 bridgehead atoms. The van der Waals surface area contributed by atoms with Crippen LogP contribution in [0.5, 0.6) is 0 Å². The Kier molecular flexibility index (Phi) is 5.58. The molecule has 0 unspecified atom stereocenters. The van der Waals surface area contributed by atoms with Crippen LogP contribution in [0.25, 0.3) is 28.5 Å². The maximum atomic E-state index is 12.5. The van der Waals surface area contributed by atoms with Crippen molar-refractivity contribution < 1.29 is 18.0 Å². The third-order valence-corrected chi connectivity index (χ3v) is 5.25. The van der Waals surface area contributed by atoms with Crippen molar-refractivity contribution in [2.45, 2.75) is 38.4 Å². The van der Waals surface area contributed by atoms with E-state index in [-0.39, 0.29) is 0 Å². The lowest BCUT2D eigenvalue weighted by Crippen LogP contribution is -2.50. The van der Waals surface area contributed by atoms with Gasteiger partial charge in [-0.05, 0) is 32.8 Å². The molecule has 0 saturated heterocycles. The molecule has 168 valence electrons. The molecule has 1 aliphatic rings. The van der Waals surface area contributed by atoms with Crippen LogP contribution in [0.3, 0.4) is 0 Å². The van der Waals surface area contributed by atoms with Crippen molar-refractivity contribution in [2.24, 2.45) is 0 Å². The van der Waals surface area contributed by atoms with E-state index in [1.54, 1.807) is 12.3 Å². The van der Waals surface area contributed by atoms with Crippen molar-refractivity contribution in [3.05, 3.63) is 40.8 Å². The van der Waals surface area contributed by atoms with Crippen molar-refractivity contribution >= 4 is 40.4 Å². The second kappa shape index (κ2) is 8.09. The molecule has 32 heavy (non-hydrogen) atoms. The van der Waals surface area contributed by atoms with Crippen LogP contribution in [0, 0.1) is 0 Å². The number of carbonyl (C=O) groups excluding carboxylic acids is 1. The molecule has 1 aliphatic carbocycles. The highest BCUT2D eigenvalue weighted by molar-refractivity contribution is 6.31. The van der Waals surface area contributed by atoms with Crippen LogP contribution in [0.4, 0.5) is 19.0 Å². The summed E-state index contributed by atoms with van der Waals surface area (Å²) in [5, 5.41) is 6.12. The quantitative estimate of drug-likeness (QED) is 0.516. The molecule has 11 heteroatoms. The number of nitrogens with one attached hydrogen (secondary N) is 3. The predicted molar refractivity (Wildman–Crippen MR) is 116 cm³/mol. The summed E-state index contributed by atoms with van der Waals surface area (Å²) in [6.07, 6.45) is 4.01. The highest BCUT2D eigenvalue weighted by Gasteiger charge is 2.34. The first-order valence-electron chi connectivity index (χ1n) is 9.87. The number of halogens is 4. The molecule has 0 fully saturated rings. The molecule has 3 aromatic rings. The average Bonchev–Trinajstić information content (AvgIpc) is 3.14. The van der Waals surface area contributed by atoms with Gasteiger partial charge in [-0.1, -0.05) is 23.8 Å². The fraction of sp³-hybridized carbons (Fsp3) is 0.333. The summed E-state index contributed by atoms with van der Waals surface area (Å²) >= 11 is 6.10. The summed E-state index contributed by atoms with van der Waals surface area (Å²) in [5.41, 5.74) is 1.41. The number of allylic oxidation sites excluding steroid dienone is 1. The van der Waals surface area contributed by atoms with Gasteiger partial charge >= 0.3 is 6.18 Å². The molecule has 7 nitrogen and oxygen atoms in total. The van der Waals surface area contributed by atoms with E-state index < -0.39 is 24.2 Å². The van der Waals surface area contributed by atoms with Crippen molar-refractivity contribution in [2.75, 3.05) is 11.9 Å². The third-order valence-electron chi connectivity index (χ3n) is 5.04. The van der Waals surface area contributed by atoms with Crippen LogP contribution in [-0.2, 0) is 11.2 Å². The number of hydrogen-bond donors (Lipinski definition) is 3. The summed E-state index contributed by atoms with van der Waals surface area (Å²) in [6.45, 7) is 1.58. The number of nitrogens with zero attached hydrogens (tertiary/aromatic N) is 3. The van der Waals surface area contributed by atoms with Gasteiger partial charge < -0.3 is 15.6 Å². The number of aryl methyl sites for hydroxylation is 1. The Hall–Kier alpha value is -3.14. The molecule has 0 radical (unpaired) electrons. The van der Waals surface area contributed by atoms with Gasteiger partial charge in [-0.15, -0.1) is 0 Å². The lowest BCUT2D eigenvalue weighted by molar-refractivity contribution is -0.140. The van der Waals surface area contributed by atoms with E-state index in [1.165, 1.54) is 20.0 Å². The SMILES string of the molecule is CC(C)(Nc1nc(-c2c[nH]c3ncc(Cl)cc23)nc2c1C=CCC2)C(=O)NCC(F)(F)F. The Labute approximate surface area is 186 Å². The Bertz CT molecular complexity index is 1220. The van der Waals surface area contributed by atoms with Gasteiger partial charge in [0.05, 0.1) is 10.7 Å². The largest absolute Gasteiger partial charge is 0.405 e. The minimum Gasteiger partial charge on any atom is -0.356 e. The van der Waals surface area contributed by atoms with Gasteiger partial charge in [0.2, 0.25) is 5.91 Å². The first-order valence-corrected chi connectivity index (χ1v) is 10.2. The van der Waals surface area contributed by atoms with Crippen LogP contribution in [-0.4, -0.2) is 44.1 Å². The van der Waals surface area contributed by atoms with E-state index >= 15 is 0 Å². The summed E-state index contributed by atoms with van der Waals surface area (Å²) in [6, 6.07) is 1.75. The molecule has 0 spiro atoms. The average molecular weight is 465 g/mol. The first kappa shape index (κ1) is 22.1. The van der Waals surface area contributed by atoms with Gasteiger partial charge in [0.25, 0.3) is 0 Å². The molecule has 0 aromatic carbocycles. The van der Waals surface area contributed by atoms with E-state index in [2.05, 4.69) is 20.3 Å². The molecule has 0 aliphatic heterocycles. The Morgan fingerprint density at radius 2 is 2.06 bits per heavy atom. The van der Waals surface area contributed by atoms with E-state index in [9.17, 15) is 18.0 Å². The van der Waals surface area contributed by atoms with Crippen molar-refractivity contribution in [1.29, 1.82) is 0 Å². The molecule has 3 heterocycles. The molecule has 3 aromatic heterocycles. The minimum absolute atomic E-state index is 0.359. The lowest BCUT2D eigenvalue weighted by atomic mass is 10.00. The van der Waals surface area contributed by atoms with Gasteiger partial charge in [0, 0.05) is 28.9 Å². The number of rotatable bonds is 5. The normalized spacial score (nSPS) is 13.8. The van der Waals surface area contributed by atoms with Crippen LogP contribution < -0.4 is 10.6 Å². The van der Waals surface area contributed by atoms with E-state index in [0.29, 0.717) is 39.9 Å². The van der Waals surface area contributed by atoms with Crippen molar-refractivity contribution in [3.8, 4) is 11.4 Å². The molecule has 0 atom stereocenters. The van der Waals surface area contributed by atoms with Crippen LogP contribution in [0.1, 0.15) is 31.5 Å². The number of amides is 1. The highest BCUT2D eigenvalue weighted by atomic mass is 35.5. The number of anilines is 1. The van der Waals surface area contributed by atoms with Gasteiger partial charge in [-0.25, -0.2) is 15.0 Å². The minimum atomic E-state index is -4.50. The number of aromatic nitrogens is 4. The number of fused-ring (bicyclic) bond motifs is 2. The van der Waals surface area contributed by atoms with Gasteiger partial charge in [0.15, 0.2) is 5.82 Å². The van der Waals surface area contributed by atoms with E-state index in [1.807, 2.05) is 17.5 Å². The maximum absolute atomic E-state index is 12.5. The first-order chi connectivity index (χ1) is 15.0. The second-order valence-electron chi connectivity index (χ2n) is 8.00. The number of aromatic amines is 1. The van der Waals surface area contributed by atoms with E-state index in [0.717, 1.165) is 17.5 Å². The summed E-state index contributed by atoms with van der Waals surface area (Å²) in [4.78, 5) is 29.1. The molecule has 4 rings (SSSR count). The van der Waals surface area contributed by atoms with Gasteiger partial charge in [-0.2, -0.15) is 13.2 Å². The fourth-order valence-corrected chi connectivity index (χ4v) is 3.59. The molecular formula is C21H20ClF3N6O. The monoisotopic (exact) mass is 464 g/mol. The van der Waals surface area contributed by atoms with Crippen LogP contribution in [0.2, 0.25) is 5.02 Å². The third kappa shape index (κ3) is 4.55. The standard InChI is InChI=1S/C21H20ClF3N6O/c1-20(2,19(32)28-10-21(23,24)25)31-18-12-5-3-4-6-15(12)29-17(30-18)14-9-27-16-13(14)7-11(22)8-26-16/h3,5,7-9H,4,6,10H2,1-2H3,(H,26,27)(H,28,32)(H,29,30,31). The summed E-state index contributed by atoms with van der Waals surface area (Å²) < 4.78 is 37.6. The fourth-order valence-electron chi connectivity index (χ4n) is 3.44.